The monoisotopic (exact) mass is 170 g/mol. The largest absolute Gasteiger partial charge is 0.0776 e. The number of rotatable bonds is 2. The maximum absolute atomic E-state index is 2.38. The van der Waals surface area contributed by atoms with E-state index in [1.165, 1.54) is 19.3 Å². The van der Waals surface area contributed by atoms with E-state index in [1.807, 2.05) is 0 Å². The minimum absolute atomic E-state index is 0. The normalized spacial score (nSPS) is 29.5. The van der Waals surface area contributed by atoms with Crippen molar-refractivity contribution in [2.75, 3.05) is 0 Å². The number of hydrogen-bond donors (Lipinski definition) is 0. The lowest BCUT2D eigenvalue weighted by Gasteiger charge is -2.26. The summed E-state index contributed by atoms with van der Waals surface area (Å²) in [6.07, 6.45) is 4.45. The Kier molecular flexibility index (Phi) is 4.89. The molecule has 2 atom stereocenters. The van der Waals surface area contributed by atoms with Crippen LogP contribution < -0.4 is 0 Å². The molecule has 0 aliphatic heterocycles. The van der Waals surface area contributed by atoms with Gasteiger partial charge in [-0.05, 0) is 36.5 Å². The average molecular weight is 170 g/mol. The summed E-state index contributed by atoms with van der Waals surface area (Å²) < 4.78 is 0. The molecule has 1 aliphatic rings. The van der Waals surface area contributed by atoms with Gasteiger partial charge >= 0.3 is 0 Å². The molecule has 0 saturated heterocycles. The minimum Gasteiger partial charge on any atom is -0.0776 e. The molecule has 1 aliphatic carbocycles. The number of hydrogen-bond acceptors (Lipinski definition) is 0. The Balaban J connectivity index is 0.00000121. The summed E-state index contributed by atoms with van der Waals surface area (Å²) >= 11 is 0. The van der Waals surface area contributed by atoms with Crippen molar-refractivity contribution >= 4 is 0 Å². The lowest BCUT2D eigenvalue weighted by molar-refractivity contribution is 0.235. The van der Waals surface area contributed by atoms with E-state index >= 15 is 0 Å². The summed E-state index contributed by atoms with van der Waals surface area (Å²) in [4.78, 5) is 0. The lowest BCUT2D eigenvalue weighted by Crippen LogP contribution is -2.18. The molecule has 2 unspecified atom stereocenters. The van der Waals surface area contributed by atoms with Gasteiger partial charge in [0.15, 0.2) is 0 Å². The molecular weight excluding hydrogens is 144 g/mol. The molecule has 0 aromatic carbocycles. The summed E-state index contributed by atoms with van der Waals surface area (Å²) in [6.45, 7) is 9.52. The summed E-state index contributed by atoms with van der Waals surface area (Å²) in [7, 11) is 0. The highest BCUT2D eigenvalue weighted by Gasteiger charge is 2.31. The van der Waals surface area contributed by atoms with E-state index in [2.05, 4.69) is 27.7 Å². The molecule has 1 fully saturated rings. The maximum Gasteiger partial charge on any atom is -0.0360 e. The molecule has 0 radical (unpaired) electrons. The van der Waals surface area contributed by atoms with E-state index in [4.69, 9.17) is 0 Å². The van der Waals surface area contributed by atoms with Gasteiger partial charge in [-0.15, -0.1) is 0 Å². The third-order valence-corrected chi connectivity index (χ3v) is 3.34. The van der Waals surface area contributed by atoms with Crippen LogP contribution in [0.4, 0.5) is 0 Å². The lowest BCUT2D eigenvalue weighted by atomic mass is 9.80. The first kappa shape index (κ1) is 12.0. The van der Waals surface area contributed by atoms with E-state index in [1.54, 1.807) is 0 Å². The molecule has 0 heteroatoms. The topological polar surface area (TPSA) is 0 Å². The van der Waals surface area contributed by atoms with Crippen molar-refractivity contribution in [2.45, 2.75) is 54.4 Å². The van der Waals surface area contributed by atoms with Gasteiger partial charge in [0.05, 0.1) is 0 Å². The molecule has 1 rings (SSSR count). The first-order valence-electron chi connectivity index (χ1n) is 5.13. The SMILES string of the molecule is C.CC(C)C1CCCC1C(C)C. The van der Waals surface area contributed by atoms with Crippen LogP contribution in [0.2, 0.25) is 0 Å². The zero-order valence-electron chi connectivity index (χ0n) is 8.43. The van der Waals surface area contributed by atoms with Crippen molar-refractivity contribution < 1.29 is 0 Å². The zero-order chi connectivity index (χ0) is 8.43. The molecule has 0 aromatic rings. The predicted molar refractivity (Wildman–Crippen MR) is 57.2 cm³/mol. The Labute approximate surface area is 78.8 Å². The summed E-state index contributed by atoms with van der Waals surface area (Å²) in [5.41, 5.74) is 0. The van der Waals surface area contributed by atoms with Crippen LogP contribution in [0.1, 0.15) is 54.4 Å². The second-order valence-corrected chi connectivity index (χ2v) is 4.75. The van der Waals surface area contributed by atoms with Gasteiger partial charge in [-0.3, -0.25) is 0 Å². The highest BCUT2D eigenvalue weighted by Crippen LogP contribution is 2.40. The Morgan fingerprint density at radius 2 is 1.17 bits per heavy atom. The second kappa shape index (κ2) is 4.89. The Morgan fingerprint density at radius 3 is 1.42 bits per heavy atom. The molecule has 74 valence electrons. The highest BCUT2D eigenvalue weighted by atomic mass is 14.4. The van der Waals surface area contributed by atoms with Crippen molar-refractivity contribution in [3.63, 3.8) is 0 Å². The van der Waals surface area contributed by atoms with Gasteiger partial charge in [-0.25, -0.2) is 0 Å². The molecule has 0 nitrogen and oxygen atoms in total. The van der Waals surface area contributed by atoms with Crippen LogP contribution in [-0.2, 0) is 0 Å². The van der Waals surface area contributed by atoms with Crippen LogP contribution >= 0.6 is 0 Å². The fraction of sp³-hybridized carbons (Fsp3) is 1.00. The van der Waals surface area contributed by atoms with Gasteiger partial charge in [-0.2, -0.15) is 0 Å². The van der Waals surface area contributed by atoms with Crippen molar-refractivity contribution in [2.24, 2.45) is 23.7 Å². The summed E-state index contributed by atoms with van der Waals surface area (Å²) in [6, 6.07) is 0. The van der Waals surface area contributed by atoms with E-state index < -0.39 is 0 Å². The van der Waals surface area contributed by atoms with Gasteiger partial charge in [0.25, 0.3) is 0 Å². The third kappa shape index (κ3) is 2.50. The maximum atomic E-state index is 2.38. The zero-order valence-corrected chi connectivity index (χ0v) is 8.43. The van der Waals surface area contributed by atoms with E-state index in [0.29, 0.717) is 0 Å². The average Bonchev–Trinajstić information content (AvgIpc) is 2.32. The molecule has 0 amide bonds. The Bertz CT molecular complexity index is 99.2. The van der Waals surface area contributed by atoms with Crippen molar-refractivity contribution in [3.8, 4) is 0 Å². The Hall–Kier alpha value is 0. The molecular formula is C12H26. The molecule has 12 heavy (non-hydrogen) atoms. The van der Waals surface area contributed by atoms with E-state index in [0.717, 1.165) is 23.7 Å². The Morgan fingerprint density at radius 1 is 0.833 bits per heavy atom. The summed E-state index contributed by atoms with van der Waals surface area (Å²) in [5, 5.41) is 0. The molecule has 0 aromatic heterocycles. The highest BCUT2D eigenvalue weighted by molar-refractivity contribution is 4.81. The fourth-order valence-corrected chi connectivity index (χ4v) is 2.67. The molecule has 0 bridgehead atoms. The quantitative estimate of drug-likeness (QED) is 0.578. The molecule has 0 spiro atoms. The van der Waals surface area contributed by atoms with Crippen molar-refractivity contribution in [1.82, 2.24) is 0 Å². The van der Waals surface area contributed by atoms with Crippen molar-refractivity contribution in [3.05, 3.63) is 0 Å². The second-order valence-electron chi connectivity index (χ2n) is 4.75. The van der Waals surface area contributed by atoms with Gasteiger partial charge in [0, 0.05) is 0 Å². The standard InChI is InChI=1S/C11H22.CH4/c1-8(2)10-6-5-7-11(10)9(3)4;/h8-11H,5-7H2,1-4H3;1H4. The van der Waals surface area contributed by atoms with Crippen LogP contribution in [0, 0.1) is 23.7 Å². The van der Waals surface area contributed by atoms with E-state index in [-0.39, 0.29) is 7.43 Å². The third-order valence-electron chi connectivity index (χ3n) is 3.34. The minimum atomic E-state index is 0. The fourth-order valence-electron chi connectivity index (χ4n) is 2.67. The van der Waals surface area contributed by atoms with Gasteiger partial charge in [0.2, 0.25) is 0 Å². The molecule has 0 N–H and O–H groups in total. The van der Waals surface area contributed by atoms with E-state index in [9.17, 15) is 0 Å². The van der Waals surface area contributed by atoms with Gasteiger partial charge in [0.1, 0.15) is 0 Å². The predicted octanol–water partition coefficient (Wildman–Crippen LogP) is 4.35. The van der Waals surface area contributed by atoms with Crippen LogP contribution in [0.5, 0.6) is 0 Å². The molecule has 1 saturated carbocycles. The molecule has 0 heterocycles. The first-order chi connectivity index (χ1) is 5.13. The van der Waals surface area contributed by atoms with Crippen molar-refractivity contribution in [1.29, 1.82) is 0 Å². The van der Waals surface area contributed by atoms with Crippen LogP contribution in [0.25, 0.3) is 0 Å². The summed E-state index contributed by atoms with van der Waals surface area (Å²) in [5.74, 6) is 3.86. The smallest absolute Gasteiger partial charge is 0.0360 e. The van der Waals surface area contributed by atoms with Gasteiger partial charge < -0.3 is 0 Å². The van der Waals surface area contributed by atoms with Crippen LogP contribution in [0.15, 0.2) is 0 Å². The van der Waals surface area contributed by atoms with Crippen LogP contribution in [0.3, 0.4) is 0 Å². The van der Waals surface area contributed by atoms with Gasteiger partial charge in [-0.1, -0.05) is 41.5 Å². The first-order valence-corrected chi connectivity index (χ1v) is 5.13. The van der Waals surface area contributed by atoms with Crippen LogP contribution in [-0.4, -0.2) is 0 Å².